The quantitative estimate of drug-likeness (QED) is 0.704. The van der Waals surface area contributed by atoms with E-state index in [2.05, 4.69) is 5.32 Å². The monoisotopic (exact) mass is 335 g/mol. The van der Waals surface area contributed by atoms with Gasteiger partial charge in [0.15, 0.2) is 0 Å². The van der Waals surface area contributed by atoms with E-state index in [0.717, 1.165) is 0 Å². The molecule has 0 aliphatic carbocycles. The minimum absolute atomic E-state index is 0.100. The van der Waals surface area contributed by atoms with Crippen LogP contribution in [0, 0.1) is 0 Å². The standard InChI is InChI=1S/C14H19Cl2NO4/c15-10-1-2-13(12(16)5-10)21-7-11(18)6-17-8-14(19)3-4-20-9-14/h1-2,5,11,17-19H,3-4,6-9H2. The Kier molecular flexibility index (Phi) is 6.10. The van der Waals surface area contributed by atoms with E-state index in [1.807, 2.05) is 0 Å². The van der Waals surface area contributed by atoms with Gasteiger partial charge in [0.25, 0.3) is 0 Å². The van der Waals surface area contributed by atoms with Crippen molar-refractivity contribution in [2.24, 2.45) is 0 Å². The summed E-state index contributed by atoms with van der Waals surface area (Å²) in [6.45, 7) is 1.69. The first kappa shape index (κ1) is 16.8. The van der Waals surface area contributed by atoms with Gasteiger partial charge >= 0.3 is 0 Å². The average molecular weight is 336 g/mol. The molecule has 0 spiro atoms. The Hall–Kier alpha value is -0.560. The largest absolute Gasteiger partial charge is 0.489 e. The topological polar surface area (TPSA) is 71.0 Å². The molecule has 0 saturated carbocycles. The van der Waals surface area contributed by atoms with Gasteiger partial charge < -0.3 is 25.0 Å². The lowest BCUT2D eigenvalue weighted by atomic mass is 10.0. The number of ether oxygens (including phenoxy) is 2. The van der Waals surface area contributed by atoms with Gasteiger partial charge in [-0.3, -0.25) is 0 Å². The van der Waals surface area contributed by atoms with Crippen molar-refractivity contribution in [3.63, 3.8) is 0 Å². The molecule has 5 nitrogen and oxygen atoms in total. The van der Waals surface area contributed by atoms with Gasteiger partial charge in [0.2, 0.25) is 0 Å². The molecule has 21 heavy (non-hydrogen) atoms. The maximum atomic E-state index is 10.0. The Labute approximate surface area is 133 Å². The van der Waals surface area contributed by atoms with Crippen LogP contribution in [0.5, 0.6) is 5.75 Å². The summed E-state index contributed by atoms with van der Waals surface area (Å²) in [5.74, 6) is 0.475. The number of aliphatic hydroxyl groups excluding tert-OH is 1. The van der Waals surface area contributed by atoms with E-state index in [4.69, 9.17) is 32.7 Å². The van der Waals surface area contributed by atoms with Gasteiger partial charge in [-0.25, -0.2) is 0 Å². The molecule has 1 aromatic rings. The molecule has 3 N–H and O–H groups in total. The van der Waals surface area contributed by atoms with Gasteiger partial charge in [-0.15, -0.1) is 0 Å². The summed E-state index contributed by atoms with van der Waals surface area (Å²) in [6.07, 6.45) is -0.102. The van der Waals surface area contributed by atoms with E-state index in [1.165, 1.54) is 0 Å². The van der Waals surface area contributed by atoms with E-state index in [0.29, 0.717) is 48.5 Å². The number of nitrogens with one attached hydrogen (secondary N) is 1. The second-order valence-electron chi connectivity index (χ2n) is 5.20. The third-order valence-corrected chi connectivity index (χ3v) is 3.77. The fraction of sp³-hybridized carbons (Fsp3) is 0.571. The van der Waals surface area contributed by atoms with Crippen LogP contribution in [0.15, 0.2) is 18.2 Å². The number of aliphatic hydroxyl groups is 2. The highest BCUT2D eigenvalue weighted by Crippen LogP contribution is 2.27. The summed E-state index contributed by atoms with van der Waals surface area (Å²) in [5, 5.41) is 23.8. The second-order valence-corrected chi connectivity index (χ2v) is 6.04. The second kappa shape index (κ2) is 7.63. The number of halogens is 2. The molecule has 0 radical (unpaired) electrons. The Bertz CT molecular complexity index is 466. The first-order valence-electron chi connectivity index (χ1n) is 6.75. The van der Waals surface area contributed by atoms with Crippen molar-refractivity contribution in [3.05, 3.63) is 28.2 Å². The van der Waals surface area contributed by atoms with Crippen LogP contribution in [0.3, 0.4) is 0 Å². The zero-order chi connectivity index (χ0) is 15.3. The molecule has 1 aliphatic heterocycles. The Morgan fingerprint density at radius 2 is 2.24 bits per heavy atom. The van der Waals surface area contributed by atoms with E-state index < -0.39 is 11.7 Å². The molecule has 118 valence electrons. The molecule has 7 heteroatoms. The molecule has 1 fully saturated rings. The Morgan fingerprint density at radius 3 is 2.90 bits per heavy atom. The molecule has 0 aromatic heterocycles. The zero-order valence-corrected chi connectivity index (χ0v) is 13.0. The Balaban J connectivity index is 1.68. The fourth-order valence-corrected chi connectivity index (χ4v) is 2.51. The summed E-state index contributed by atoms with van der Waals surface area (Å²) in [4.78, 5) is 0. The van der Waals surface area contributed by atoms with Gasteiger partial charge in [0.1, 0.15) is 24.1 Å². The van der Waals surface area contributed by atoms with Crippen molar-refractivity contribution in [1.29, 1.82) is 0 Å². The number of hydrogen-bond donors (Lipinski definition) is 3. The lowest BCUT2D eigenvalue weighted by Crippen LogP contribution is -2.44. The first-order chi connectivity index (χ1) is 9.98. The van der Waals surface area contributed by atoms with Crippen molar-refractivity contribution < 1.29 is 19.7 Å². The highest BCUT2D eigenvalue weighted by molar-refractivity contribution is 6.35. The maximum absolute atomic E-state index is 10.0. The molecule has 2 unspecified atom stereocenters. The van der Waals surface area contributed by atoms with Gasteiger partial charge in [-0.1, -0.05) is 23.2 Å². The minimum atomic E-state index is -0.833. The predicted octanol–water partition coefficient (Wildman–Crippen LogP) is 1.47. The molecular formula is C14H19Cl2NO4. The number of rotatable bonds is 7. The summed E-state index contributed by atoms with van der Waals surface area (Å²) < 4.78 is 10.6. The molecular weight excluding hydrogens is 317 g/mol. The van der Waals surface area contributed by atoms with Gasteiger partial charge in [0, 0.05) is 31.1 Å². The van der Waals surface area contributed by atoms with E-state index in [-0.39, 0.29) is 6.61 Å². The van der Waals surface area contributed by atoms with Crippen LogP contribution >= 0.6 is 23.2 Å². The molecule has 1 aromatic carbocycles. The zero-order valence-electron chi connectivity index (χ0n) is 11.5. The lowest BCUT2D eigenvalue weighted by molar-refractivity contribution is 0.0226. The van der Waals surface area contributed by atoms with E-state index in [1.54, 1.807) is 18.2 Å². The van der Waals surface area contributed by atoms with Crippen LogP contribution in [-0.2, 0) is 4.74 Å². The minimum Gasteiger partial charge on any atom is -0.489 e. The fourth-order valence-electron chi connectivity index (χ4n) is 2.04. The van der Waals surface area contributed by atoms with E-state index in [9.17, 15) is 10.2 Å². The highest BCUT2D eigenvalue weighted by Gasteiger charge is 2.31. The van der Waals surface area contributed by atoms with Gasteiger partial charge in [-0.2, -0.15) is 0 Å². The van der Waals surface area contributed by atoms with Crippen molar-refractivity contribution in [2.75, 3.05) is 32.9 Å². The van der Waals surface area contributed by atoms with Gasteiger partial charge in [-0.05, 0) is 18.2 Å². The van der Waals surface area contributed by atoms with Crippen LogP contribution in [0.4, 0.5) is 0 Å². The van der Waals surface area contributed by atoms with Gasteiger partial charge in [0.05, 0.1) is 11.6 Å². The summed E-state index contributed by atoms with van der Waals surface area (Å²) >= 11 is 11.8. The average Bonchev–Trinajstić information content (AvgIpc) is 2.85. The summed E-state index contributed by atoms with van der Waals surface area (Å²) in [7, 11) is 0. The first-order valence-corrected chi connectivity index (χ1v) is 7.51. The highest BCUT2D eigenvalue weighted by atomic mass is 35.5. The van der Waals surface area contributed by atoms with Crippen LogP contribution in [-0.4, -0.2) is 54.8 Å². The van der Waals surface area contributed by atoms with Crippen LogP contribution in [0.2, 0.25) is 10.0 Å². The predicted molar refractivity (Wildman–Crippen MR) is 81.2 cm³/mol. The van der Waals surface area contributed by atoms with Crippen LogP contribution in [0.1, 0.15) is 6.42 Å². The smallest absolute Gasteiger partial charge is 0.138 e. The van der Waals surface area contributed by atoms with Crippen molar-refractivity contribution in [2.45, 2.75) is 18.1 Å². The summed E-state index contributed by atoms with van der Waals surface area (Å²) in [6, 6.07) is 4.91. The molecule has 2 atom stereocenters. The van der Waals surface area contributed by atoms with Crippen LogP contribution < -0.4 is 10.1 Å². The van der Waals surface area contributed by atoms with Crippen LogP contribution in [0.25, 0.3) is 0 Å². The molecule has 1 aliphatic rings. The molecule has 1 saturated heterocycles. The van der Waals surface area contributed by atoms with E-state index >= 15 is 0 Å². The molecule has 1 heterocycles. The molecule has 0 bridgehead atoms. The number of hydrogen-bond acceptors (Lipinski definition) is 5. The third kappa shape index (κ3) is 5.29. The van der Waals surface area contributed by atoms with Crippen molar-refractivity contribution >= 4 is 23.2 Å². The van der Waals surface area contributed by atoms with Crippen molar-refractivity contribution in [3.8, 4) is 5.75 Å². The SMILES string of the molecule is OC(CNCC1(O)CCOC1)COc1ccc(Cl)cc1Cl. The lowest BCUT2D eigenvalue weighted by Gasteiger charge is -2.22. The van der Waals surface area contributed by atoms with Crippen molar-refractivity contribution in [1.82, 2.24) is 5.32 Å². The maximum Gasteiger partial charge on any atom is 0.138 e. The third-order valence-electron chi connectivity index (χ3n) is 3.24. The Morgan fingerprint density at radius 1 is 1.43 bits per heavy atom. The normalized spacial score (nSPS) is 23.2. The molecule has 0 amide bonds. The molecule has 2 rings (SSSR count). The summed E-state index contributed by atoms with van der Waals surface area (Å²) in [5.41, 5.74) is -0.833. The number of benzene rings is 1.